The summed E-state index contributed by atoms with van der Waals surface area (Å²) in [5, 5.41) is 0. The van der Waals surface area contributed by atoms with Crippen molar-refractivity contribution >= 4 is 18.5 Å². The smallest absolute Gasteiger partial charge is 0.162 e. The lowest BCUT2D eigenvalue weighted by Crippen LogP contribution is -2.24. The molecule has 26 heavy (non-hydrogen) atoms. The fourth-order valence-electron chi connectivity index (χ4n) is 3.02. The van der Waals surface area contributed by atoms with Crippen LogP contribution in [0.15, 0.2) is 24.3 Å². The van der Waals surface area contributed by atoms with E-state index in [1.165, 1.54) is 44.1 Å². The Bertz CT molecular complexity index is 560. The second-order valence-electron chi connectivity index (χ2n) is 6.80. The number of unbranched alkanes of at least 4 members (excludes halogenated alkanes) is 5. The normalized spacial score (nSPS) is 20.6. The predicted octanol–water partition coefficient (Wildman–Crippen LogP) is 2.84. The van der Waals surface area contributed by atoms with Crippen molar-refractivity contribution in [2.24, 2.45) is 0 Å². The molecule has 2 unspecified atom stereocenters. The molecule has 7 heteroatoms. The first-order chi connectivity index (χ1) is 12.5. The molecular formula is C19H29O5PS-2. The van der Waals surface area contributed by atoms with E-state index in [-0.39, 0.29) is 12.9 Å². The Morgan fingerprint density at radius 1 is 1.08 bits per heavy atom. The summed E-state index contributed by atoms with van der Waals surface area (Å²) < 4.78 is 15.8. The first-order valence-electron chi connectivity index (χ1n) is 9.48. The lowest BCUT2D eigenvalue weighted by Gasteiger charge is -2.34. The molecule has 0 amide bonds. The van der Waals surface area contributed by atoms with Gasteiger partial charge in [0.2, 0.25) is 0 Å². The van der Waals surface area contributed by atoms with Gasteiger partial charge in [-0.1, -0.05) is 70.0 Å². The summed E-state index contributed by atoms with van der Waals surface area (Å²) in [5.41, 5.74) is 2.50. The Kier molecular flexibility index (Phi) is 9.71. The maximum absolute atomic E-state index is 10.9. The van der Waals surface area contributed by atoms with Crippen LogP contribution in [0, 0.1) is 0 Å². The molecule has 1 aromatic rings. The highest BCUT2D eigenvalue weighted by Gasteiger charge is 2.26. The minimum atomic E-state index is -4.13. The van der Waals surface area contributed by atoms with Crippen LogP contribution in [0.5, 0.6) is 0 Å². The molecule has 0 N–H and O–H groups in total. The van der Waals surface area contributed by atoms with Gasteiger partial charge in [0.25, 0.3) is 0 Å². The predicted molar refractivity (Wildman–Crippen MR) is 102 cm³/mol. The molecule has 0 bridgehead atoms. The van der Waals surface area contributed by atoms with E-state index in [1.54, 1.807) is 0 Å². The van der Waals surface area contributed by atoms with Crippen LogP contribution in [0.3, 0.4) is 0 Å². The highest BCUT2D eigenvalue weighted by atomic mass is 32.5. The van der Waals surface area contributed by atoms with Gasteiger partial charge in [-0.25, -0.2) is 0 Å². The Hall–Kier alpha value is -0.330. The van der Waals surface area contributed by atoms with Gasteiger partial charge in [-0.2, -0.15) is 0 Å². The second-order valence-corrected chi connectivity index (χ2v) is 9.30. The van der Waals surface area contributed by atoms with Crippen LogP contribution in [0.25, 0.3) is 0 Å². The molecule has 0 saturated carbocycles. The molecule has 1 aliphatic heterocycles. The number of aryl methyl sites for hydroxylation is 1. The third-order valence-corrected chi connectivity index (χ3v) is 5.26. The first kappa shape index (κ1) is 22.0. The molecule has 1 aliphatic rings. The van der Waals surface area contributed by atoms with Gasteiger partial charge in [0, 0.05) is 6.42 Å². The van der Waals surface area contributed by atoms with Crippen LogP contribution >= 0.6 is 6.72 Å². The highest BCUT2D eigenvalue weighted by Crippen LogP contribution is 2.27. The molecule has 1 heterocycles. The van der Waals surface area contributed by atoms with Crippen LogP contribution < -0.4 is 9.79 Å². The molecule has 1 fully saturated rings. The van der Waals surface area contributed by atoms with Crippen molar-refractivity contribution in [3.8, 4) is 0 Å². The average molecular weight is 400 g/mol. The summed E-state index contributed by atoms with van der Waals surface area (Å²) in [7, 11) is 0. The number of hydrogen-bond acceptors (Lipinski definition) is 6. The fourth-order valence-corrected chi connectivity index (χ4v) is 3.55. The SMILES string of the molecule is CCCCCCCCc1ccc(CC2OCC(COP([O-])([O-])=S)O2)cc1. The average Bonchev–Trinajstić information content (AvgIpc) is 3.04. The molecule has 0 radical (unpaired) electrons. The van der Waals surface area contributed by atoms with E-state index < -0.39 is 12.8 Å². The third-order valence-electron chi connectivity index (χ3n) is 4.48. The Balaban J connectivity index is 1.65. The van der Waals surface area contributed by atoms with Gasteiger partial charge in [0.1, 0.15) is 6.10 Å². The zero-order valence-electron chi connectivity index (χ0n) is 15.4. The van der Waals surface area contributed by atoms with E-state index in [0.29, 0.717) is 13.0 Å². The van der Waals surface area contributed by atoms with Crippen LogP contribution in [0.1, 0.15) is 56.6 Å². The van der Waals surface area contributed by atoms with Gasteiger partial charge in [0.15, 0.2) is 6.29 Å². The maximum atomic E-state index is 10.9. The molecule has 1 saturated heterocycles. The van der Waals surface area contributed by atoms with Crippen LogP contribution in [-0.2, 0) is 38.6 Å². The van der Waals surface area contributed by atoms with Crippen molar-refractivity contribution in [2.75, 3.05) is 13.2 Å². The summed E-state index contributed by atoms with van der Waals surface area (Å²) in [4.78, 5) is 21.7. The Morgan fingerprint density at radius 3 is 2.42 bits per heavy atom. The van der Waals surface area contributed by atoms with Gasteiger partial charge < -0.3 is 23.8 Å². The first-order valence-corrected chi connectivity index (χ1v) is 12.0. The molecular weight excluding hydrogens is 371 g/mol. The van der Waals surface area contributed by atoms with E-state index >= 15 is 0 Å². The fraction of sp³-hybridized carbons (Fsp3) is 0.684. The van der Waals surface area contributed by atoms with Gasteiger partial charge in [-0.05, 0) is 24.0 Å². The molecule has 1 aromatic carbocycles. The standard InChI is InChI=1S/C19H31O5PS/c1-2-3-4-5-6-7-8-16-9-11-17(12-10-16)13-19-22-14-18(24-19)15-23-25(20,21)26/h9-12,18-19H,2-8,13-15H2,1H3,(H2,20,21,26)/p-2. The topological polar surface area (TPSA) is 73.8 Å². The molecule has 0 aromatic heterocycles. The monoisotopic (exact) mass is 400 g/mol. The highest BCUT2D eigenvalue weighted by molar-refractivity contribution is 8.05. The molecule has 5 nitrogen and oxygen atoms in total. The number of ether oxygens (including phenoxy) is 2. The van der Waals surface area contributed by atoms with E-state index in [1.807, 2.05) is 0 Å². The van der Waals surface area contributed by atoms with E-state index in [0.717, 1.165) is 12.0 Å². The minimum Gasteiger partial charge on any atom is -0.812 e. The van der Waals surface area contributed by atoms with Gasteiger partial charge in [-0.15, -0.1) is 11.8 Å². The van der Waals surface area contributed by atoms with Crippen molar-refractivity contribution in [3.63, 3.8) is 0 Å². The van der Waals surface area contributed by atoms with E-state index in [9.17, 15) is 9.79 Å². The molecule has 2 atom stereocenters. The molecule has 0 spiro atoms. The van der Waals surface area contributed by atoms with Crippen molar-refractivity contribution in [2.45, 2.75) is 70.7 Å². The zero-order valence-corrected chi connectivity index (χ0v) is 17.1. The lowest BCUT2D eigenvalue weighted by atomic mass is 10.0. The Labute approximate surface area is 161 Å². The molecule has 148 valence electrons. The third kappa shape index (κ3) is 9.05. The quantitative estimate of drug-likeness (QED) is 0.397. The van der Waals surface area contributed by atoms with Crippen molar-refractivity contribution in [3.05, 3.63) is 35.4 Å². The van der Waals surface area contributed by atoms with Crippen molar-refractivity contribution in [1.29, 1.82) is 0 Å². The molecule has 2 rings (SSSR count). The number of benzene rings is 1. The zero-order chi connectivity index (χ0) is 18.8. The molecule has 0 aliphatic carbocycles. The van der Waals surface area contributed by atoms with Crippen LogP contribution in [0.4, 0.5) is 0 Å². The Morgan fingerprint density at radius 2 is 1.73 bits per heavy atom. The minimum absolute atomic E-state index is 0.0853. The second kappa shape index (κ2) is 11.5. The summed E-state index contributed by atoms with van der Waals surface area (Å²) in [6.07, 6.45) is 8.85. The lowest BCUT2D eigenvalue weighted by molar-refractivity contribution is -0.322. The summed E-state index contributed by atoms with van der Waals surface area (Å²) in [6.45, 7) is -1.66. The number of hydrogen-bond donors (Lipinski definition) is 0. The summed E-state index contributed by atoms with van der Waals surface area (Å²) in [6, 6.07) is 8.56. The summed E-state index contributed by atoms with van der Waals surface area (Å²) in [5.74, 6) is 0. The summed E-state index contributed by atoms with van der Waals surface area (Å²) >= 11 is 4.20. The van der Waals surface area contributed by atoms with Gasteiger partial charge in [-0.3, -0.25) is 0 Å². The maximum Gasteiger partial charge on any atom is 0.162 e. The largest absolute Gasteiger partial charge is 0.812 e. The number of rotatable bonds is 12. The van der Waals surface area contributed by atoms with E-state index in [2.05, 4.69) is 47.5 Å². The van der Waals surface area contributed by atoms with Gasteiger partial charge in [0.05, 0.1) is 13.2 Å². The van der Waals surface area contributed by atoms with Crippen molar-refractivity contribution < 1.29 is 23.8 Å². The van der Waals surface area contributed by atoms with Crippen LogP contribution in [-0.4, -0.2) is 25.6 Å². The van der Waals surface area contributed by atoms with E-state index in [4.69, 9.17) is 9.47 Å². The van der Waals surface area contributed by atoms with Crippen molar-refractivity contribution in [1.82, 2.24) is 0 Å². The van der Waals surface area contributed by atoms with Crippen LogP contribution in [0.2, 0.25) is 0 Å². The van der Waals surface area contributed by atoms with Gasteiger partial charge >= 0.3 is 0 Å².